The first-order valence-corrected chi connectivity index (χ1v) is 8.87. The second-order valence-electron chi connectivity index (χ2n) is 5.88. The molecule has 0 aliphatic heterocycles. The molecule has 1 atom stereocenters. The highest BCUT2D eigenvalue weighted by Gasteiger charge is 2.10. The summed E-state index contributed by atoms with van der Waals surface area (Å²) in [4.78, 5) is 39.4. The molecule has 1 unspecified atom stereocenters. The van der Waals surface area contributed by atoms with Gasteiger partial charge in [-0.3, -0.25) is 0 Å². The van der Waals surface area contributed by atoms with Crippen molar-refractivity contribution in [1.82, 2.24) is 5.32 Å². The van der Waals surface area contributed by atoms with Gasteiger partial charge in [-0.2, -0.15) is 0 Å². The van der Waals surface area contributed by atoms with Crippen LogP contribution in [0.15, 0.2) is 34.3 Å². The first kappa shape index (κ1) is 22.1. The molecule has 8 heteroatoms. The maximum absolute atomic E-state index is 11.8. The van der Waals surface area contributed by atoms with Gasteiger partial charge in [-0.05, 0) is 43.7 Å². The van der Waals surface area contributed by atoms with Crippen molar-refractivity contribution in [3.05, 3.63) is 24.3 Å². The lowest BCUT2D eigenvalue weighted by atomic mass is 9.96. The van der Waals surface area contributed by atoms with Crippen molar-refractivity contribution in [3.63, 3.8) is 0 Å². The van der Waals surface area contributed by atoms with Crippen LogP contribution in [0, 0.1) is 5.92 Å². The third-order valence-electron chi connectivity index (χ3n) is 3.94. The van der Waals surface area contributed by atoms with Crippen molar-refractivity contribution in [1.29, 1.82) is 0 Å². The normalized spacial score (nSPS) is 10.9. The van der Waals surface area contributed by atoms with E-state index in [0.29, 0.717) is 31.1 Å². The standard InChI is InChI=1S/C19H25N3O5/c1-26-17-9-2-3-10-18(17)27-19(25)22-12-5-4-7-16(13-21-15-24)8-6-11-20-14-23/h2-3,9-10,16H,4-8,11-13H2,1H3,(H,22,25). The summed E-state index contributed by atoms with van der Waals surface area (Å²) in [5.41, 5.74) is 0. The van der Waals surface area contributed by atoms with E-state index in [1.807, 2.05) is 0 Å². The zero-order chi connectivity index (χ0) is 19.7. The van der Waals surface area contributed by atoms with E-state index in [-0.39, 0.29) is 5.92 Å². The summed E-state index contributed by atoms with van der Waals surface area (Å²) in [6.07, 6.45) is 6.59. The molecule has 0 saturated carbocycles. The molecule has 1 aromatic rings. The van der Waals surface area contributed by atoms with Gasteiger partial charge < -0.3 is 14.8 Å². The Morgan fingerprint density at radius 2 is 1.78 bits per heavy atom. The van der Waals surface area contributed by atoms with Crippen LogP contribution in [0.3, 0.4) is 0 Å². The fourth-order valence-electron chi connectivity index (χ4n) is 2.59. The first-order valence-electron chi connectivity index (χ1n) is 8.87. The molecule has 1 amide bonds. The number of hydrogen-bond acceptors (Lipinski definition) is 7. The summed E-state index contributed by atoms with van der Waals surface area (Å²) in [7, 11) is 1.51. The molecule has 0 aliphatic carbocycles. The van der Waals surface area contributed by atoms with Gasteiger partial charge in [-0.1, -0.05) is 18.6 Å². The van der Waals surface area contributed by atoms with Crippen molar-refractivity contribution in [2.45, 2.75) is 32.1 Å². The number of nitrogens with one attached hydrogen (secondary N) is 1. The molecule has 0 aliphatic rings. The summed E-state index contributed by atoms with van der Waals surface area (Å²) in [6, 6.07) is 6.92. The van der Waals surface area contributed by atoms with E-state index in [4.69, 9.17) is 9.47 Å². The molecule has 0 spiro atoms. The monoisotopic (exact) mass is 375 g/mol. The van der Waals surface area contributed by atoms with Gasteiger partial charge in [0.15, 0.2) is 11.5 Å². The minimum Gasteiger partial charge on any atom is -0.493 e. The number of isocyanates is 2. The number of para-hydroxylation sites is 2. The van der Waals surface area contributed by atoms with Crippen LogP contribution in [-0.2, 0) is 9.59 Å². The predicted molar refractivity (Wildman–Crippen MR) is 99.6 cm³/mol. The molecule has 146 valence electrons. The molecule has 1 aromatic carbocycles. The van der Waals surface area contributed by atoms with Crippen LogP contribution in [0.1, 0.15) is 32.1 Å². The van der Waals surface area contributed by atoms with Gasteiger partial charge in [0.2, 0.25) is 12.2 Å². The third-order valence-corrected chi connectivity index (χ3v) is 3.94. The lowest BCUT2D eigenvalue weighted by Gasteiger charge is -2.13. The molecular formula is C19H25N3O5. The SMILES string of the molecule is COc1ccccc1OC(=O)NCCCCC(CCCN=C=O)CN=C=O. The zero-order valence-electron chi connectivity index (χ0n) is 15.5. The van der Waals surface area contributed by atoms with Crippen molar-refractivity contribution in [3.8, 4) is 11.5 Å². The Morgan fingerprint density at radius 3 is 2.48 bits per heavy atom. The van der Waals surface area contributed by atoms with E-state index in [1.165, 1.54) is 13.2 Å². The Morgan fingerprint density at radius 1 is 1.07 bits per heavy atom. The first-order chi connectivity index (χ1) is 13.2. The zero-order valence-corrected chi connectivity index (χ0v) is 15.5. The summed E-state index contributed by atoms with van der Waals surface area (Å²) in [5, 5.41) is 2.70. The average Bonchev–Trinajstić information content (AvgIpc) is 2.68. The van der Waals surface area contributed by atoms with Gasteiger partial charge in [-0.15, -0.1) is 0 Å². The number of amides is 1. The second-order valence-corrected chi connectivity index (χ2v) is 5.88. The largest absolute Gasteiger partial charge is 0.493 e. The van der Waals surface area contributed by atoms with E-state index < -0.39 is 6.09 Å². The quantitative estimate of drug-likeness (QED) is 0.324. The Hall–Kier alpha value is -2.95. The summed E-state index contributed by atoms with van der Waals surface area (Å²) in [5.74, 6) is 1.08. The molecule has 1 rings (SSSR count). The van der Waals surface area contributed by atoms with E-state index in [2.05, 4.69) is 15.3 Å². The molecule has 0 radical (unpaired) electrons. The van der Waals surface area contributed by atoms with Crippen LogP contribution in [0.2, 0.25) is 0 Å². The van der Waals surface area contributed by atoms with Crippen LogP contribution in [-0.4, -0.2) is 45.0 Å². The molecule has 8 nitrogen and oxygen atoms in total. The number of rotatable bonds is 13. The molecule has 0 aromatic heterocycles. The Kier molecular flexibility index (Phi) is 11.7. The van der Waals surface area contributed by atoms with E-state index in [0.717, 1.165) is 32.1 Å². The molecule has 0 heterocycles. The van der Waals surface area contributed by atoms with Gasteiger partial charge >= 0.3 is 6.09 Å². The number of ether oxygens (including phenoxy) is 2. The topological polar surface area (TPSA) is 106 Å². The fraction of sp³-hybridized carbons (Fsp3) is 0.526. The highest BCUT2D eigenvalue weighted by Crippen LogP contribution is 2.25. The van der Waals surface area contributed by atoms with E-state index >= 15 is 0 Å². The predicted octanol–water partition coefficient (Wildman–Crippen LogP) is 3.02. The molecule has 1 N–H and O–H groups in total. The van der Waals surface area contributed by atoms with Gasteiger partial charge in [0.1, 0.15) is 0 Å². The third kappa shape index (κ3) is 9.94. The lowest BCUT2D eigenvalue weighted by molar-refractivity contribution is 0.198. The highest BCUT2D eigenvalue weighted by molar-refractivity contribution is 5.71. The van der Waals surface area contributed by atoms with Crippen molar-refractivity contribution in [2.24, 2.45) is 15.9 Å². The van der Waals surface area contributed by atoms with Gasteiger partial charge in [0.05, 0.1) is 20.2 Å². The second kappa shape index (κ2) is 14.2. The van der Waals surface area contributed by atoms with Crippen LogP contribution >= 0.6 is 0 Å². The number of nitrogens with zero attached hydrogens (tertiary/aromatic N) is 2. The van der Waals surface area contributed by atoms with E-state index in [9.17, 15) is 14.4 Å². The molecule has 0 fully saturated rings. The minimum absolute atomic E-state index is 0.230. The number of carbonyl (C=O) groups is 1. The number of carbonyl (C=O) groups excluding carboxylic acids is 3. The van der Waals surface area contributed by atoms with Gasteiger partial charge in [0, 0.05) is 6.54 Å². The van der Waals surface area contributed by atoms with Crippen LogP contribution in [0.5, 0.6) is 11.5 Å². The molecule has 27 heavy (non-hydrogen) atoms. The minimum atomic E-state index is -0.534. The Bertz CT molecular complexity index is 667. The number of benzene rings is 1. The van der Waals surface area contributed by atoms with Crippen LogP contribution in [0.4, 0.5) is 4.79 Å². The Labute approximate surface area is 158 Å². The van der Waals surface area contributed by atoms with Gasteiger partial charge in [0.25, 0.3) is 0 Å². The van der Waals surface area contributed by atoms with E-state index in [1.54, 1.807) is 30.3 Å². The molecular weight excluding hydrogens is 350 g/mol. The molecule has 0 bridgehead atoms. The average molecular weight is 375 g/mol. The number of hydrogen-bond donors (Lipinski definition) is 1. The number of methoxy groups -OCH3 is 1. The number of unbranched alkanes of at least 4 members (excludes halogenated alkanes) is 1. The van der Waals surface area contributed by atoms with Crippen LogP contribution in [0.25, 0.3) is 0 Å². The lowest BCUT2D eigenvalue weighted by Crippen LogP contribution is -2.27. The Balaban J connectivity index is 2.26. The summed E-state index contributed by atoms with van der Waals surface area (Å²) >= 11 is 0. The van der Waals surface area contributed by atoms with Crippen molar-refractivity contribution >= 4 is 18.3 Å². The van der Waals surface area contributed by atoms with Crippen molar-refractivity contribution < 1.29 is 23.9 Å². The van der Waals surface area contributed by atoms with Gasteiger partial charge in [-0.25, -0.2) is 24.4 Å². The number of aliphatic imine (C=N–C) groups is 2. The highest BCUT2D eigenvalue weighted by atomic mass is 16.6. The maximum atomic E-state index is 11.8. The smallest absolute Gasteiger partial charge is 0.412 e. The summed E-state index contributed by atoms with van der Waals surface area (Å²) < 4.78 is 10.3. The summed E-state index contributed by atoms with van der Waals surface area (Å²) in [6.45, 7) is 1.33. The fourth-order valence-corrected chi connectivity index (χ4v) is 2.59. The van der Waals surface area contributed by atoms with Crippen LogP contribution < -0.4 is 14.8 Å². The van der Waals surface area contributed by atoms with Crippen molar-refractivity contribution in [2.75, 3.05) is 26.7 Å². The molecule has 0 saturated heterocycles. The maximum Gasteiger partial charge on any atom is 0.412 e.